The molecule has 0 bridgehead atoms. The van der Waals surface area contributed by atoms with Gasteiger partial charge in [0.2, 0.25) is 5.91 Å². The van der Waals surface area contributed by atoms with Gasteiger partial charge in [-0.25, -0.2) is 0 Å². The number of fused-ring (bicyclic) bond motifs is 1. The molecule has 4 nitrogen and oxygen atoms in total. The van der Waals surface area contributed by atoms with Crippen molar-refractivity contribution >= 4 is 5.91 Å². The molecule has 4 heteroatoms. The van der Waals surface area contributed by atoms with E-state index in [2.05, 4.69) is 5.32 Å². The number of hydrogen-bond donors (Lipinski definition) is 1. The molecule has 3 rings (SSSR count). The summed E-state index contributed by atoms with van der Waals surface area (Å²) >= 11 is 0. The van der Waals surface area contributed by atoms with Gasteiger partial charge in [-0.3, -0.25) is 4.79 Å². The lowest BCUT2D eigenvalue weighted by atomic mass is 10.0. The Labute approximate surface area is 130 Å². The smallest absolute Gasteiger partial charge is 0.224 e. The van der Waals surface area contributed by atoms with E-state index >= 15 is 0 Å². The molecule has 114 valence electrons. The van der Waals surface area contributed by atoms with Crippen LogP contribution in [0.3, 0.4) is 0 Å². The lowest BCUT2D eigenvalue weighted by Crippen LogP contribution is -2.25. The SMILES string of the molecule is Cc1cc2c(cc1CC(=O)NCc1ccccc1)OCCO2. The summed E-state index contributed by atoms with van der Waals surface area (Å²) in [6.45, 7) is 3.65. The van der Waals surface area contributed by atoms with Gasteiger partial charge in [0, 0.05) is 6.54 Å². The molecule has 0 radical (unpaired) electrons. The van der Waals surface area contributed by atoms with Crippen LogP contribution in [0, 0.1) is 6.92 Å². The number of rotatable bonds is 4. The largest absolute Gasteiger partial charge is 0.486 e. The summed E-state index contributed by atoms with van der Waals surface area (Å²) in [7, 11) is 0. The molecule has 1 aliphatic heterocycles. The number of ether oxygens (including phenoxy) is 2. The van der Waals surface area contributed by atoms with Gasteiger partial charge >= 0.3 is 0 Å². The number of benzene rings is 2. The van der Waals surface area contributed by atoms with E-state index < -0.39 is 0 Å². The normalized spacial score (nSPS) is 12.8. The molecule has 22 heavy (non-hydrogen) atoms. The molecule has 2 aromatic rings. The summed E-state index contributed by atoms with van der Waals surface area (Å²) in [5.74, 6) is 1.49. The highest BCUT2D eigenvalue weighted by atomic mass is 16.6. The van der Waals surface area contributed by atoms with E-state index in [1.54, 1.807) is 0 Å². The van der Waals surface area contributed by atoms with E-state index in [1.807, 2.05) is 49.4 Å². The highest BCUT2D eigenvalue weighted by Gasteiger charge is 2.15. The fourth-order valence-corrected chi connectivity index (χ4v) is 2.45. The third-order valence-electron chi connectivity index (χ3n) is 3.68. The number of amides is 1. The fraction of sp³-hybridized carbons (Fsp3) is 0.278. The topological polar surface area (TPSA) is 47.6 Å². The molecule has 0 aliphatic carbocycles. The Bertz CT molecular complexity index is 668. The van der Waals surface area contributed by atoms with Gasteiger partial charge in [-0.05, 0) is 35.7 Å². The first kappa shape index (κ1) is 14.4. The van der Waals surface area contributed by atoms with Crippen molar-refractivity contribution in [3.05, 3.63) is 59.2 Å². The van der Waals surface area contributed by atoms with Crippen LogP contribution >= 0.6 is 0 Å². The van der Waals surface area contributed by atoms with Crippen molar-refractivity contribution in [2.24, 2.45) is 0 Å². The quantitative estimate of drug-likeness (QED) is 0.943. The molecule has 2 aromatic carbocycles. The van der Waals surface area contributed by atoms with Crippen molar-refractivity contribution in [3.8, 4) is 11.5 Å². The standard InChI is InChI=1S/C18H19NO3/c1-13-9-16-17(22-8-7-21-16)10-15(13)11-18(20)19-12-14-5-3-2-4-6-14/h2-6,9-10H,7-8,11-12H2,1H3,(H,19,20). The van der Waals surface area contributed by atoms with Crippen LogP contribution < -0.4 is 14.8 Å². The van der Waals surface area contributed by atoms with Crippen LogP contribution in [0.4, 0.5) is 0 Å². The molecule has 1 amide bonds. The number of carbonyl (C=O) groups is 1. The Kier molecular flexibility index (Phi) is 4.28. The zero-order valence-electron chi connectivity index (χ0n) is 12.6. The van der Waals surface area contributed by atoms with Crippen LogP contribution in [0.25, 0.3) is 0 Å². The zero-order chi connectivity index (χ0) is 15.4. The molecule has 0 saturated heterocycles. The van der Waals surface area contributed by atoms with Gasteiger partial charge < -0.3 is 14.8 Å². The second-order valence-corrected chi connectivity index (χ2v) is 5.36. The van der Waals surface area contributed by atoms with Crippen molar-refractivity contribution in [3.63, 3.8) is 0 Å². The van der Waals surface area contributed by atoms with Crippen LogP contribution in [0.1, 0.15) is 16.7 Å². The summed E-state index contributed by atoms with van der Waals surface area (Å²) < 4.78 is 11.1. The summed E-state index contributed by atoms with van der Waals surface area (Å²) in [5, 5.41) is 2.94. The average Bonchev–Trinajstić information content (AvgIpc) is 2.55. The first-order valence-corrected chi connectivity index (χ1v) is 7.42. The van der Waals surface area contributed by atoms with Crippen LogP contribution in [0.5, 0.6) is 11.5 Å². The van der Waals surface area contributed by atoms with E-state index in [0.29, 0.717) is 26.2 Å². The molecule has 0 aromatic heterocycles. The Morgan fingerprint density at radius 3 is 2.50 bits per heavy atom. The van der Waals surface area contributed by atoms with E-state index in [9.17, 15) is 4.79 Å². The highest BCUT2D eigenvalue weighted by Crippen LogP contribution is 2.33. The molecule has 0 unspecified atom stereocenters. The van der Waals surface area contributed by atoms with E-state index in [1.165, 1.54) is 0 Å². The molecule has 1 N–H and O–H groups in total. The van der Waals surface area contributed by atoms with Gasteiger partial charge in [0.1, 0.15) is 13.2 Å². The zero-order valence-corrected chi connectivity index (χ0v) is 12.6. The molecular weight excluding hydrogens is 278 g/mol. The number of carbonyl (C=O) groups excluding carboxylic acids is 1. The lowest BCUT2D eigenvalue weighted by molar-refractivity contribution is -0.120. The molecule has 0 spiro atoms. The third-order valence-corrected chi connectivity index (χ3v) is 3.68. The average molecular weight is 297 g/mol. The molecule has 1 heterocycles. The predicted molar refractivity (Wildman–Crippen MR) is 84.2 cm³/mol. The summed E-state index contributed by atoms with van der Waals surface area (Å²) in [6.07, 6.45) is 0.343. The lowest BCUT2D eigenvalue weighted by Gasteiger charge is -2.20. The van der Waals surface area contributed by atoms with Crippen molar-refractivity contribution in [1.29, 1.82) is 0 Å². The van der Waals surface area contributed by atoms with Crippen molar-refractivity contribution in [2.45, 2.75) is 19.9 Å². The Morgan fingerprint density at radius 2 is 1.77 bits per heavy atom. The third kappa shape index (κ3) is 3.39. The monoisotopic (exact) mass is 297 g/mol. The van der Waals surface area contributed by atoms with E-state index in [-0.39, 0.29) is 5.91 Å². The molecule has 1 aliphatic rings. The maximum atomic E-state index is 12.1. The van der Waals surface area contributed by atoms with Crippen molar-refractivity contribution in [1.82, 2.24) is 5.32 Å². The maximum absolute atomic E-state index is 12.1. The minimum Gasteiger partial charge on any atom is -0.486 e. The van der Waals surface area contributed by atoms with Crippen LogP contribution in [0.15, 0.2) is 42.5 Å². The molecular formula is C18H19NO3. The number of aryl methyl sites for hydroxylation is 1. The van der Waals surface area contributed by atoms with Gasteiger partial charge in [-0.2, -0.15) is 0 Å². The second-order valence-electron chi connectivity index (χ2n) is 5.36. The van der Waals surface area contributed by atoms with Crippen LogP contribution in [-0.4, -0.2) is 19.1 Å². The molecule has 0 fully saturated rings. The summed E-state index contributed by atoms with van der Waals surface area (Å²) in [6, 6.07) is 13.7. The molecule has 0 atom stereocenters. The Morgan fingerprint density at radius 1 is 1.09 bits per heavy atom. The molecule has 0 saturated carbocycles. The summed E-state index contributed by atoms with van der Waals surface area (Å²) in [4.78, 5) is 12.1. The summed E-state index contributed by atoms with van der Waals surface area (Å²) in [5.41, 5.74) is 3.10. The predicted octanol–water partition coefficient (Wildman–Crippen LogP) is 2.63. The first-order chi connectivity index (χ1) is 10.7. The van der Waals surface area contributed by atoms with Gasteiger partial charge in [0.25, 0.3) is 0 Å². The Balaban J connectivity index is 1.64. The van der Waals surface area contributed by atoms with E-state index in [0.717, 1.165) is 28.2 Å². The van der Waals surface area contributed by atoms with Crippen molar-refractivity contribution < 1.29 is 14.3 Å². The maximum Gasteiger partial charge on any atom is 0.224 e. The van der Waals surface area contributed by atoms with Gasteiger partial charge in [0.05, 0.1) is 6.42 Å². The number of hydrogen-bond acceptors (Lipinski definition) is 3. The van der Waals surface area contributed by atoms with Crippen molar-refractivity contribution in [2.75, 3.05) is 13.2 Å². The van der Waals surface area contributed by atoms with Gasteiger partial charge in [-0.15, -0.1) is 0 Å². The first-order valence-electron chi connectivity index (χ1n) is 7.42. The number of nitrogens with one attached hydrogen (secondary N) is 1. The van der Waals surface area contributed by atoms with E-state index in [4.69, 9.17) is 9.47 Å². The van der Waals surface area contributed by atoms with Crippen LogP contribution in [0.2, 0.25) is 0 Å². The van der Waals surface area contributed by atoms with Gasteiger partial charge in [0.15, 0.2) is 11.5 Å². The second kappa shape index (κ2) is 6.52. The minimum absolute atomic E-state index is 0.00336. The van der Waals surface area contributed by atoms with Crippen LogP contribution in [-0.2, 0) is 17.8 Å². The minimum atomic E-state index is 0.00336. The highest BCUT2D eigenvalue weighted by molar-refractivity contribution is 5.79. The Hall–Kier alpha value is -2.49. The van der Waals surface area contributed by atoms with Gasteiger partial charge in [-0.1, -0.05) is 30.3 Å². The fourth-order valence-electron chi connectivity index (χ4n) is 2.45.